The van der Waals surface area contributed by atoms with Gasteiger partial charge < -0.3 is 10.4 Å². The molecule has 0 atom stereocenters. The molecule has 24 heavy (non-hydrogen) atoms. The molecular weight excluding hydrogens is 326 g/mol. The van der Waals surface area contributed by atoms with E-state index in [0.29, 0.717) is 5.69 Å². The second-order valence-corrected chi connectivity index (χ2v) is 7.44. The van der Waals surface area contributed by atoms with Gasteiger partial charge in [0.2, 0.25) is 11.8 Å². The Morgan fingerprint density at radius 3 is 2.50 bits per heavy atom. The zero-order valence-corrected chi connectivity index (χ0v) is 15.0. The predicted molar refractivity (Wildman–Crippen MR) is 94.9 cm³/mol. The maximum absolute atomic E-state index is 12.3. The van der Waals surface area contributed by atoms with Gasteiger partial charge in [-0.25, -0.2) is 0 Å². The minimum absolute atomic E-state index is 0.0963. The number of hydrogen-bond donors (Lipinski definition) is 2. The number of aromatic nitrogens is 2. The van der Waals surface area contributed by atoms with Gasteiger partial charge in [0, 0.05) is 5.54 Å². The van der Waals surface area contributed by atoms with Gasteiger partial charge in [-0.3, -0.25) is 14.2 Å². The molecule has 0 radical (unpaired) electrons. The Kier molecular flexibility index (Phi) is 5.33. The highest BCUT2D eigenvalue weighted by Crippen LogP contribution is 2.20. The van der Waals surface area contributed by atoms with Crippen molar-refractivity contribution in [1.29, 1.82) is 0 Å². The molecule has 0 spiro atoms. The number of aryl methyl sites for hydroxylation is 1. The van der Waals surface area contributed by atoms with Crippen molar-refractivity contribution in [2.45, 2.75) is 38.4 Å². The van der Waals surface area contributed by atoms with Crippen molar-refractivity contribution >= 4 is 17.7 Å². The first-order chi connectivity index (χ1) is 11.2. The van der Waals surface area contributed by atoms with E-state index < -0.39 is 5.56 Å². The van der Waals surface area contributed by atoms with E-state index in [9.17, 15) is 14.7 Å². The summed E-state index contributed by atoms with van der Waals surface area (Å²) in [5.74, 6) is -0.429. The summed E-state index contributed by atoms with van der Waals surface area (Å²) in [7, 11) is 0. The summed E-state index contributed by atoms with van der Waals surface area (Å²) < 4.78 is 1.38. The first-order valence-corrected chi connectivity index (χ1v) is 8.48. The molecule has 7 heteroatoms. The second-order valence-electron chi connectivity index (χ2n) is 6.49. The van der Waals surface area contributed by atoms with Gasteiger partial charge in [-0.05, 0) is 39.8 Å². The van der Waals surface area contributed by atoms with Gasteiger partial charge in [-0.2, -0.15) is 4.98 Å². The maximum Gasteiger partial charge on any atom is 0.262 e. The van der Waals surface area contributed by atoms with Gasteiger partial charge in [0.05, 0.1) is 17.5 Å². The quantitative estimate of drug-likeness (QED) is 0.655. The van der Waals surface area contributed by atoms with Crippen LogP contribution in [0.5, 0.6) is 5.88 Å². The van der Waals surface area contributed by atoms with Crippen molar-refractivity contribution in [2.75, 3.05) is 5.75 Å². The van der Waals surface area contributed by atoms with Crippen molar-refractivity contribution in [3.8, 4) is 11.6 Å². The first kappa shape index (κ1) is 18.1. The third-order valence-electron chi connectivity index (χ3n) is 3.01. The lowest BCUT2D eigenvalue weighted by Gasteiger charge is -2.20. The van der Waals surface area contributed by atoms with Gasteiger partial charge in [-0.1, -0.05) is 29.5 Å². The largest absolute Gasteiger partial charge is 0.493 e. The number of amides is 1. The Balaban J connectivity index is 2.31. The number of hydrogen-bond acceptors (Lipinski definition) is 5. The molecule has 0 saturated carbocycles. The van der Waals surface area contributed by atoms with Gasteiger partial charge in [0.1, 0.15) is 0 Å². The number of nitrogens with one attached hydrogen (secondary N) is 1. The third-order valence-corrected chi connectivity index (χ3v) is 3.95. The van der Waals surface area contributed by atoms with E-state index in [1.165, 1.54) is 4.57 Å². The summed E-state index contributed by atoms with van der Waals surface area (Å²) in [6, 6.07) is 8.42. The number of aromatic hydroxyl groups is 1. The molecule has 0 aliphatic carbocycles. The van der Waals surface area contributed by atoms with E-state index in [4.69, 9.17) is 0 Å². The number of nitrogens with zero attached hydrogens (tertiary/aromatic N) is 2. The molecule has 2 rings (SSSR count). The zero-order valence-electron chi connectivity index (χ0n) is 14.2. The normalized spacial score (nSPS) is 11.3. The Morgan fingerprint density at radius 2 is 1.92 bits per heavy atom. The molecule has 0 fully saturated rings. The van der Waals surface area contributed by atoms with Gasteiger partial charge in [0.15, 0.2) is 5.16 Å². The lowest BCUT2D eigenvalue weighted by molar-refractivity contribution is -0.119. The van der Waals surface area contributed by atoms with Gasteiger partial charge in [0.25, 0.3) is 5.56 Å². The summed E-state index contributed by atoms with van der Waals surface area (Å²) >= 11 is 1.10. The molecule has 128 valence electrons. The van der Waals surface area contributed by atoms with Crippen molar-refractivity contribution in [2.24, 2.45) is 0 Å². The molecule has 1 aromatic heterocycles. The number of carbonyl (C=O) groups excluding carboxylic acids is 1. The Morgan fingerprint density at radius 1 is 1.29 bits per heavy atom. The van der Waals surface area contributed by atoms with Crippen LogP contribution in [0.25, 0.3) is 5.69 Å². The molecule has 6 nitrogen and oxygen atoms in total. The number of rotatable bonds is 4. The Bertz CT molecular complexity index is 792. The average molecular weight is 347 g/mol. The molecule has 1 amide bonds. The highest BCUT2D eigenvalue weighted by Gasteiger charge is 2.16. The average Bonchev–Trinajstić information content (AvgIpc) is 2.44. The van der Waals surface area contributed by atoms with E-state index >= 15 is 0 Å². The minimum atomic E-state index is -0.398. The van der Waals surface area contributed by atoms with E-state index in [1.807, 2.05) is 39.8 Å². The number of carbonyl (C=O) groups is 1. The molecule has 0 bridgehead atoms. The highest BCUT2D eigenvalue weighted by molar-refractivity contribution is 7.99. The summed E-state index contributed by atoms with van der Waals surface area (Å²) in [6.07, 6.45) is 0. The van der Waals surface area contributed by atoms with Crippen LogP contribution in [-0.4, -0.2) is 31.9 Å². The Labute approximate surface area is 144 Å². The van der Waals surface area contributed by atoms with Crippen LogP contribution in [0.3, 0.4) is 0 Å². The first-order valence-electron chi connectivity index (χ1n) is 7.49. The van der Waals surface area contributed by atoms with Crippen LogP contribution in [0.4, 0.5) is 0 Å². The molecule has 2 aromatic rings. The zero-order chi connectivity index (χ0) is 17.9. The van der Waals surface area contributed by atoms with Gasteiger partial charge >= 0.3 is 0 Å². The van der Waals surface area contributed by atoms with Crippen LogP contribution in [0.15, 0.2) is 40.3 Å². The molecule has 0 saturated heterocycles. The molecular formula is C17H21N3O3S. The van der Waals surface area contributed by atoms with Crippen LogP contribution >= 0.6 is 11.8 Å². The fourth-order valence-electron chi connectivity index (χ4n) is 2.06. The third kappa shape index (κ3) is 4.86. The van der Waals surface area contributed by atoms with Crippen LogP contribution in [0.1, 0.15) is 26.3 Å². The number of benzene rings is 1. The van der Waals surface area contributed by atoms with E-state index in [2.05, 4.69) is 10.3 Å². The highest BCUT2D eigenvalue weighted by atomic mass is 32.2. The van der Waals surface area contributed by atoms with Crippen molar-refractivity contribution < 1.29 is 9.90 Å². The monoisotopic (exact) mass is 347 g/mol. The lowest BCUT2D eigenvalue weighted by atomic mass is 10.1. The molecule has 0 aliphatic rings. The van der Waals surface area contributed by atoms with E-state index in [0.717, 1.165) is 23.4 Å². The van der Waals surface area contributed by atoms with Crippen molar-refractivity contribution in [1.82, 2.24) is 14.9 Å². The topological polar surface area (TPSA) is 84.2 Å². The summed E-state index contributed by atoms with van der Waals surface area (Å²) in [6.45, 7) is 7.63. The predicted octanol–water partition coefficient (Wildman–Crippen LogP) is 2.25. The van der Waals surface area contributed by atoms with Crippen LogP contribution in [0, 0.1) is 6.92 Å². The maximum atomic E-state index is 12.3. The smallest absolute Gasteiger partial charge is 0.262 e. The number of thioether (sulfide) groups is 1. The van der Waals surface area contributed by atoms with Crippen LogP contribution in [0.2, 0.25) is 0 Å². The van der Waals surface area contributed by atoms with E-state index in [1.54, 1.807) is 12.1 Å². The lowest BCUT2D eigenvalue weighted by Crippen LogP contribution is -2.41. The van der Waals surface area contributed by atoms with Crippen LogP contribution < -0.4 is 10.9 Å². The Hall–Kier alpha value is -2.28. The molecule has 1 heterocycles. The second kappa shape index (κ2) is 7.09. The summed E-state index contributed by atoms with van der Waals surface area (Å²) in [5, 5.41) is 12.7. The minimum Gasteiger partial charge on any atom is -0.493 e. The SMILES string of the molecule is Cc1ccc(-n2c(SCC(=O)NC(C)(C)C)nc(O)cc2=O)cc1. The standard InChI is InChI=1S/C17H21N3O3S/c1-11-5-7-12(8-6-11)20-15(23)9-13(21)18-16(20)24-10-14(22)19-17(2,3)4/h5-9,21H,10H2,1-4H3,(H,19,22). The van der Waals surface area contributed by atoms with Crippen molar-refractivity contribution in [3.63, 3.8) is 0 Å². The summed E-state index contributed by atoms with van der Waals surface area (Å²) in [4.78, 5) is 28.3. The molecule has 2 N–H and O–H groups in total. The van der Waals surface area contributed by atoms with Gasteiger partial charge in [-0.15, -0.1) is 0 Å². The summed E-state index contributed by atoms with van der Waals surface area (Å²) in [5.41, 5.74) is 0.972. The van der Waals surface area contributed by atoms with Crippen molar-refractivity contribution in [3.05, 3.63) is 46.2 Å². The van der Waals surface area contributed by atoms with Crippen LogP contribution in [-0.2, 0) is 4.79 Å². The fourth-order valence-corrected chi connectivity index (χ4v) is 2.88. The molecule has 0 aliphatic heterocycles. The molecule has 1 aromatic carbocycles. The fraction of sp³-hybridized carbons (Fsp3) is 0.353. The van der Waals surface area contributed by atoms with E-state index in [-0.39, 0.29) is 28.2 Å². The molecule has 0 unspecified atom stereocenters.